The highest BCUT2D eigenvalue weighted by atomic mass is 32.2. The minimum Gasteiger partial charge on any atom is -0.493 e. The number of carbonyl (C=O) groups excluding carboxylic acids is 1. The van der Waals surface area contributed by atoms with Crippen LogP contribution < -0.4 is 23.8 Å². The lowest BCUT2D eigenvalue weighted by molar-refractivity contribution is -0.114. The molecule has 0 heterocycles. The molecule has 0 spiro atoms. The molecule has 0 radical (unpaired) electrons. The molecule has 2 N–H and O–H groups in total. The van der Waals surface area contributed by atoms with E-state index in [-0.39, 0.29) is 26.9 Å². The van der Waals surface area contributed by atoms with E-state index in [1.807, 2.05) is 19.9 Å². The molecule has 0 saturated carbocycles. The second-order valence-corrected chi connectivity index (χ2v) is 12.9. The zero-order chi connectivity index (χ0) is 30.5. The lowest BCUT2D eigenvalue weighted by Gasteiger charge is -2.25. The molecule has 4 aromatic rings. The number of carbonyl (C=O) groups is 1. The molecule has 42 heavy (non-hydrogen) atoms. The van der Waals surface area contributed by atoms with Crippen molar-refractivity contribution in [3.05, 3.63) is 102 Å². The second-order valence-electron chi connectivity index (χ2n) is 9.34. The Morgan fingerprint density at radius 1 is 0.714 bits per heavy atom. The van der Waals surface area contributed by atoms with Crippen LogP contribution >= 0.6 is 0 Å². The lowest BCUT2D eigenvalue weighted by Crippen LogP contribution is -2.38. The molecule has 4 aromatic carbocycles. The first-order valence-corrected chi connectivity index (χ1v) is 15.7. The van der Waals surface area contributed by atoms with Crippen molar-refractivity contribution >= 4 is 43.0 Å². The summed E-state index contributed by atoms with van der Waals surface area (Å²) in [4.78, 5) is 13.1. The maximum absolute atomic E-state index is 13.6. The fraction of sp³-hybridized carbons (Fsp3) is 0.167. The van der Waals surface area contributed by atoms with Gasteiger partial charge in [0.05, 0.1) is 29.7 Å². The average Bonchev–Trinajstić information content (AvgIpc) is 2.98. The number of sulfonamides is 2. The number of nitrogens with zero attached hydrogens (tertiary/aromatic N) is 1. The van der Waals surface area contributed by atoms with Gasteiger partial charge in [0.1, 0.15) is 6.54 Å². The van der Waals surface area contributed by atoms with Crippen LogP contribution in [-0.2, 0) is 24.8 Å². The molecule has 0 aliphatic heterocycles. The molecule has 0 aromatic heterocycles. The van der Waals surface area contributed by atoms with Crippen molar-refractivity contribution in [1.82, 2.24) is 0 Å². The zero-order valence-electron chi connectivity index (χ0n) is 23.5. The Labute approximate surface area is 246 Å². The molecule has 0 fully saturated rings. The van der Waals surface area contributed by atoms with Crippen LogP contribution in [0.25, 0.3) is 0 Å². The average molecular weight is 610 g/mol. The van der Waals surface area contributed by atoms with Gasteiger partial charge in [0, 0.05) is 17.4 Å². The monoisotopic (exact) mass is 609 g/mol. The summed E-state index contributed by atoms with van der Waals surface area (Å²) in [5.74, 6) is 0.0350. The molecule has 1 amide bonds. The fourth-order valence-corrected chi connectivity index (χ4v) is 6.57. The molecule has 0 aliphatic carbocycles. The van der Waals surface area contributed by atoms with Gasteiger partial charge in [0.2, 0.25) is 5.91 Å². The predicted octanol–water partition coefficient (Wildman–Crippen LogP) is 4.96. The molecular formula is C30H31N3O7S2. The number of amides is 1. The molecule has 0 aliphatic rings. The summed E-state index contributed by atoms with van der Waals surface area (Å²) in [5, 5.41) is 2.64. The number of aryl methyl sites for hydroxylation is 2. The van der Waals surface area contributed by atoms with Crippen molar-refractivity contribution in [2.45, 2.75) is 23.6 Å². The van der Waals surface area contributed by atoms with Crippen molar-refractivity contribution in [1.29, 1.82) is 0 Å². The van der Waals surface area contributed by atoms with Crippen LogP contribution in [0.3, 0.4) is 0 Å². The highest BCUT2D eigenvalue weighted by Crippen LogP contribution is 2.34. The minimum atomic E-state index is -4.16. The summed E-state index contributed by atoms with van der Waals surface area (Å²) in [7, 11) is -5.16. The van der Waals surface area contributed by atoms with E-state index in [2.05, 4.69) is 10.0 Å². The number of anilines is 3. The first kappa shape index (κ1) is 30.4. The third kappa shape index (κ3) is 6.84. The van der Waals surface area contributed by atoms with Crippen LogP contribution in [-0.4, -0.2) is 43.5 Å². The first-order chi connectivity index (χ1) is 19.9. The number of ether oxygens (including phenoxy) is 2. The van der Waals surface area contributed by atoms with Gasteiger partial charge in [0.15, 0.2) is 11.5 Å². The van der Waals surface area contributed by atoms with Gasteiger partial charge >= 0.3 is 0 Å². The summed E-state index contributed by atoms with van der Waals surface area (Å²) in [6.45, 7) is 3.26. The van der Waals surface area contributed by atoms with Crippen molar-refractivity contribution in [2.24, 2.45) is 0 Å². The highest BCUT2D eigenvalue weighted by molar-refractivity contribution is 7.93. The number of nitrogens with one attached hydrogen (secondary N) is 2. The van der Waals surface area contributed by atoms with E-state index in [0.29, 0.717) is 11.4 Å². The fourth-order valence-electron chi connectivity index (χ4n) is 4.08. The summed E-state index contributed by atoms with van der Waals surface area (Å²) >= 11 is 0. The Kier molecular flexibility index (Phi) is 9.08. The van der Waals surface area contributed by atoms with Crippen LogP contribution in [0.5, 0.6) is 11.5 Å². The van der Waals surface area contributed by atoms with E-state index in [1.54, 1.807) is 36.4 Å². The maximum Gasteiger partial charge on any atom is 0.264 e. The summed E-state index contributed by atoms with van der Waals surface area (Å²) in [6, 6.07) is 23.1. The molecule has 4 rings (SSSR count). The molecule has 12 heteroatoms. The third-order valence-corrected chi connectivity index (χ3v) is 9.67. The van der Waals surface area contributed by atoms with E-state index in [4.69, 9.17) is 9.47 Å². The first-order valence-electron chi connectivity index (χ1n) is 12.7. The molecular weight excluding hydrogens is 578 g/mol. The van der Waals surface area contributed by atoms with E-state index < -0.39 is 32.5 Å². The quantitative estimate of drug-likeness (QED) is 0.246. The smallest absolute Gasteiger partial charge is 0.264 e. The number of rotatable bonds is 11. The van der Waals surface area contributed by atoms with Crippen LogP contribution in [0, 0.1) is 13.8 Å². The van der Waals surface area contributed by atoms with Gasteiger partial charge in [-0.25, -0.2) is 16.8 Å². The summed E-state index contributed by atoms with van der Waals surface area (Å²) in [6.07, 6.45) is 0. The number of benzene rings is 4. The van der Waals surface area contributed by atoms with Crippen LogP contribution in [0.4, 0.5) is 17.1 Å². The van der Waals surface area contributed by atoms with Gasteiger partial charge in [-0.2, -0.15) is 0 Å². The number of hydrogen-bond donors (Lipinski definition) is 2. The topological polar surface area (TPSA) is 131 Å². The van der Waals surface area contributed by atoms with Crippen molar-refractivity contribution in [2.75, 3.05) is 35.1 Å². The molecule has 10 nitrogen and oxygen atoms in total. The summed E-state index contributed by atoms with van der Waals surface area (Å²) < 4.78 is 67.1. The zero-order valence-corrected chi connectivity index (χ0v) is 25.1. The van der Waals surface area contributed by atoms with Crippen LogP contribution in [0.2, 0.25) is 0 Å². The lowest BCUT2D eigenvalue weighted by atomic mass is 10.1. The van der Waals surface area contributed by atoms with Gasteiger partial charge in [-0.15, -0.1) is 0 Å². The highest BCUT2D eigenvalue weighted by Gasteiger charge is 2.28. The van der Waals surface area contributed by atoms with Crippen molar-refractivity contribution in [3.63, 3.8) is 0 Å². The Morgan fingerprint density at radius 2 is 1.36 bits per heavy atom. The van der Waals surface area contributed by atoms with Crippen LogP contribution in [0.15, 0.2) is 101 Å². The van der Waals surface area contributed by atoms with Gasteiger partial charge in [-0.05, 0) is 85.6 Å². The Bertz CT molecular complexity index is 1790. The molecule has 0 atom stereocenters. The largest absolute Gasteiger partial charge is 0.493 e. The Hall–Kier alpha value is -4.55. The van der Waals surface area contributed by atoms with E-state index in [9.17, 15) is 21.6 Å². The molecule has 220 valence electrons. The Morgan fingerprint density at radius 3 is 1.98 bits per heavy atom. The molecule has 0 unspecified atom stereocenters. The Balaban J connectivity index is 1.56. The standard InChI is InChI=1S/C30H31N3O7S2/c1-21-10-11-24(18-22(21)2)32-41(35,36)26-15-12-23(13-16-26)31-30(34)20-33(42(37,38)27-8-6-5-7-9-27)25-14-17-28(39-3)29(19-25)40-4/h5-19,32H,20H2,1-4H3,(H,31,34). The number of methoxy groups -OCH3 is 2. The molecule has 0 bridgehead atoms. The molecule has 0 saturated heterocycles. The van der Waals surface area contributed by atoms with Gasteiger partial charge in [-0.1, -0.05) is 24.3 Å². The van der Waals surface area contributed by atoms with E-state index in [0.717, 1.165) is 15.4 Å². The van der Waals surface area contributed by atoms with Gasteiger partial charge < -0.3 is 14.8 Å². The third-order valence-electron chi connectivity index (χ3n) is 6.48. The summed E-state index contributed by atoms with van der Waals surface area (Å²) in [5.41, 5.74) is 2.90. The van der Waals surface area contributed by atoms with Gasteiger partial charge in [0.25, 0.3) is 20.0 Å². The number of hydrogen-bond acceptors (Lipinski definition) is 7. The van der Waals surface area contributed by atoms with Crippen LogP contribution in [0.1, 0.15) is 11.1 Å². The van der Waals surface area contributed by atoms with Gasteiger partial charge in [-0.3, -0.25) is 13.8 Å². The van der Waals surface area contributed by atoms with E-state index >= 15 is 0 Å². The maximum atomic E-state index is 13.6. The van der Waals surface area contributed by atoms with E-state index in [1.165, 1.54) is 62.8 Å². The minimum absolute atomic E-state index is 0.00147. The normalized spacial score (nSPS) is 11.4. The van der Waals surface area contributed by atoms with Crippen molar-refractivity contribution in [3.8, 4) is 11.5 Å². The second kappa shape index (κ2) is 12.5. The predicted molar refractivity (Wildman–Crippen MR) is 162 cm³/mol. The SMILES string of the molecule is COc1ccc(N(CC(=O)Nc2ccc(S(=O)(=O)Nc3ccc(C)c(C)c3)cc2)S(=O)(=O)c2ccccc2)cc1OC. The van der Waals surface area contributed by atoms with Crippen molar-refractivity contribution < 1.29 is 31.1 Å².